The Balaban J connectivity index is 3.89. The number of nitrogens with one attached hydrogen (secondary N) is 1. The fraction of sp³-hybridized carbons (Fsp3) is 0.750. The number of ether oxygens (including phenoxy) is 1. The maximum Gasteiger partial charge on any atom is 0.305 e. The summed E-state index contributed by atoms with van der Waals surface area (Å²) in [6.07, 6.45) is 43.2. The Labute approximate surface area is 283 Å². The third kappa shape index (κ3) is 29.2. The second-order valence-corrected chi connectivity index (χ2v) is 12.8. The van der Waals surface area contributed by atoms with Crippen LogP contribution in [0.25, 0.3) is 0 Å². The molecule has 6 heteroatoms. The number of aliphatic hydroxyl groups excluding tert-OH is 2. The van der Waals surface area contributed by atoms with Crippen LogP contribution in [0.5, 0.6) is 0 Å². The van der Waals surface area contributed by atoms with Crippen molar-refractivity contribution in [3.05, 3.63) is 48.6 Å². The van der Waals surface area contributed by atoms with Gasteiger partial charge in [0, 0.05) is 12.8 Å². The van der Waals surface area contributed by atoms with Gasteiger partial charge in [-0.1, -0.05) is 127 Å². The number of allylic oxidation sites excluding steroid dienone is 8. The van der Waals surface area contributed by atoms with Gasteiger partial charge in [-0.05, 0) is 77.0 Å². The molecule has 0 aromatic carbocycles. The fourth-order valence-corrected chi connectivity index (χ4v) is 5.08. The molecule has 0 aliphatic carbocycles. The van der Waals surface area contributed by atoms with Crippen molar-refractivity contribution in [3.8, 4) is 0 Å². The molecule has 0 atom stereocenters. The fourth-order valence-electron chi connectivity index (χ4n) is 5.08. The molecule has 0 heterocycles. The van der Waals surface area contributed by atoms with Crippen molar-refractivity contribution in [2.45, 2.75) is 173 Å². The van der Waals surface area contributed by atoms with E-state index in [-0.39, 0.29) is 18.5 Å². The van der Waals surface area contributed by atoms with E-state index >= 15 is 0 Å². The van der Waals surface area contributed by atoms with Crippen molar-refractivity contribution < 1.29 is 24.5 Å². The van der Waals surface area contributed by atoms with Crippen LogP contribution in [-0.2, 0) is 14.3 Å². The lowest BCUT2D eigenvalue weighted by atomic mass is 10.0. The van der Waals surface area contributed by atoms with Crippen LogP contribution in [0, 0.1) is 0 Å². The summed E-state index contributed by atoms with van der Waals surface area (Å²) in [5, 5.41) is 22.5. The number of aliphatic hydroxyl groups is 2. The maximum absolute atomic E-state index is 12.5. The van der Waals surface area contributed by atoms with Gasteiger partial charge in [-0.25, -0.2) is 0 Å². The minimum atomic E-state index is -1.35. The van der Waals surface area contributed by atoms with Crippen molar-refractivity contribution in [3.63, 3.8) is 0 Å². The van der Waals surface area contributed by atoms with Gasteiger partial charge in [0.25, 0.3) is 0 Å². The van der Waals surface area contributed by atoms with Crippen LogP contribution >= 0.6 is 0 Å². The summed E-state index contributed by atoms with van der Waals surface area (Å²) < 4.78 is 5.34. The molecule has 0 radical (unpaired) electrons. The lowest BCUT2D eigenvalue weighted by Crippen LogP contribution is -2.57. The summed E-state index contributed by atoms with van der Waals surface area (Å²) in [7, 11) is 0. The molecule has 3 N–H and O–H groups in total. The Morgan fingerprint density at radius 3 is 1.37 bits per heavy atom. The van der Waals surface area contributed by atoms with Gasteiger partial charge in [-0.3, -0.25) is 9.59 Å². The van der Waals surface area contributed by atoms with Crippen LogP contribution in [-0.4, -0.2) is 47.4 Å². The molecule has 0 saturated carbocycles. The zero-order valence-corrected chi connectivity index (χ0v) is 29.8. The summed E-state index contributed by atoms with van der Waals surface area (Å²) >= 11 is 0. The van der Waals surface area contributed by atoms with E-state index < -0.39 is 18.8 Å². The molecule has 266 valence electrons. The number of esters is 1. The van der Waals surface area contributed by atoms with Gasteiger partial charge in [0.1, 0.15) is 12.1 Å². The third-order valence-corrected chi connectivity index (χ3v) is 8.21. The number of hydrogen-bond acceptors (Lipinski definition) is 5. The van der Waals surface area contributed by atoms with Crippen LogP contribution in [0.2, 0.25) is 0 Å². The molecule has 0 spiro atoms. The predicted molar refractivity (Wildman–Crippen MR) is 195 cm³/mol. The molecule has 0 unspecified atom stereocenters. The Hall–Kier alpha value is -2.18. The number of amides is 1. The van der Waals surface area contributed by atoms with E-state index in [9.17, 15) is 19.8 Å². The quantitative estimate of drug-likeness (QED) is 0.0375. The number of carbonyl (C=O) groups excluding carboxylic acids is 2. The van der Waals surface area contributed by atoms with E-state index in [1.807, 2.05) is 0 Å². The topological polar surface area (TPSA) is 95.9 Å². The van der Waals surface area contributed by atoms with Gasteiger partial charge < -0.3 is 20.3 Å². The molecule has 0 fully saturated rings. The zero-order valence-electron chi connectivity index (χ0n) is 29.8. The maximum atomic E-state index is 12.5. The predicted octanol–water partition coefficient (Wildman–Crippen LogP) is 10.00. The van der Waals surface area contributed by atoms with E-state index in [4.69, 9.17) is 4.74 Å². The Morgan fingerprint density at radius 2 is 0.935 bits per heavy atom. The van der Waals surface area contributed by atoms with Gasteiger partial charge >= 0.3 is 5.97 Å². The highest BCUT2D eigenvalue weighted by Gasteiger charge is 2.32. The summed E-state index contributed by atoms with van der Waals surface area (Å²) in [6, 6.07) is 0. The smallest absolute Gasteiger partial charge is 0.305 e. The van der Waals surface area contributed by atoms with Gasteiger partial charge in [0.2, 0.25) is 5.91 Å². The van der Waals surface area contributed by atoms with E-state index in [1.54, 1.807) is 0 Å². The average Bonchev–Trinajstić information content (AvgIpc) is 3.06. The number of carbonyl (C=O) groups is 2. The van der Waals surface area contributed by atoms with Gasteiger partial charge in [0.05, 0.1) is 13.2 Å². The first-order valence-electron chi connectivity index (χ1n) is 18.8. The van der Waals surface area contributed by atoms with Crippen LogP contribution in [0.15, 0.2) is 48.6 Å². The van der Waals surface area contributed by atoms with Gasteiger partial charge in [-0.15, -0.1) is 0 Å². The van der Waals surface area contributed by atoms with Crippen molar-refractivity contribution in [1.82, 2.24) is 5.32 Å². The van der Waals surface area contributed by atoms with E-state index in [0.717, 1.165) is 89.9 Å². The number of rotatable bonds is 33. The molecule has 0 bridgehead atoms. The zero-order chi connectivity index (χ0) is 33.8. The molecule has 0 aliphatic rings. The monoisotopic (exact) mass is 646 g/mol. The first kappa shape index (κ1) is 43.8. The summed E-state index contributed by atoms with van der Waals surface area (Å²) in [5.74, 6) is -0.599. The lowest BCUT2D eigenvalue weighted by molar-refractivity contribution is -0.149. The molecular weight excluding hydrogens is 574 g/mol. The minimum absolute atomic E-state index is 0.229. The molecule has 0 aromatic rings. The first-order valence-corrected chi connectivity index (χ1v) is 18.8. The molecule has 1 amide bonds. The highest BCUT2D eigenvalue weighted by atomic mass is 16.5. The van der Waals surface area contributed by atoms with Crippen LogP contribution in [0.4, 0.5) is 0 Å². The Morgan fingerprint density at radius 1 is 0.543 bits per heavy atom. The molecular formula is C40H71NO5. The highest BCUT2D eigenvalue weighted by Crippen LogP contribution is 2.12. The minimum Gasteiger partial charge on any atom is -0.463 e. The van der Waals surface area contributed by atoms with Crippen LogP contribution in [0.3, 0.4) is 0 Å². The molecule has 0 aliphatic heterocycles. The summed E-state index contributed by atoms with van der Waals surface area (Å²) in [6.45, 7) is 3.25. The summed E-state index contributed by atoms with van der Waals surface area (Å²) in [5.41, 5.74) is -1.35. The molecule has 0 aromatic heterocycles. The Kier molecular flexibility index (Phi) is 32.5. The van der Waals surface area contributed by atoms with Crippen LogP contribution in [0.1, 0.15) is 168 Å². The number of hydrogen-bond donors (Lipinski definition) is 3. The number of unbranched alkanes of at least 4 members (excludes halogenated alkanes) is 16. The van der Waals surface area contributed by atoms with Gasteiger partial charge in [0.15, 0.2) is 0 Å². The van der Waals surface area contributed by atoms with Crippen molar-refractivity contribution in [2.24, 2.45) is 0 Å². The second kappa shape index (κ2) is 34.2. The normalized spacial score (nSPS) is 12.3. The average molecular weight is 646 g/mol. The first-order chi connectivity index (χ1) is 22.5. The Bertz CT molecular complexity index is 812. The molecule has 0 saturated heterocycles. The molecule has 6 nitrogen and oxygen atoms in total. The van der Waals surface area contributed by atoms with Crippen molar-refractivity contribution in [2.75, 3.05) is 19.8 Å². The molecule has 46 heavy (non-hydrogen) atoms. The SMILES string of the molecule is CCCCCC=CCC=CCCCCCCCC(=O)NC(CO)(CO)COC(=O)CCCCCCCC=CCC=CCCCCC. The highest BCUT2D eigenvalue weighted by molar-refractivity contribution is 5.77. The lowest BCUT2D eigenvalue weighted by Gasteiger charge is -2.30. The van der Waals surface area contributed by atoms with E-state index in [2.05, 4.69) is 67.8 Å². The third-order valence-electron chi connectivity index (χ3n) is 8.21. The largest absolute Gasteiger partial charge is 0.463 e. The molecule has 0 rings (SSSR count). The van der Waals surface area contributed by atoms with Crippen molar-refractivity contribution >= 4 is 11.9 Å². The standard InChI is InChI=1S/C40H71NO5/c1-3-5-7-9-11-13-15-17-19-21-23-25-27-29-31-33-38(44)41-40(35-42,36-43)37-46-39(45)34-32-30-28-26-24-22-20-18-16-14-12-10-8-6-4-2/h11-14,17-20,42-43H,3-10,15-16,21-37H2,1-2H3,(H,41,44). The van der Waals surface area contributed by atoms with E-state index in [0.29, 0.717) is 12.8 Å². The van der Waals surface area contributed by atoms with Crippen LogP contribution < -0.4 is 5.32 Å². The van der Waals surface area contributed by atoms with Gasteiger partial charge in [-0.2, -0.15) is 0 Å². The summed E-state index contributed by atoms with van der Waals surface area (Å²) in [4.78, 5) is 24.7. The van der Waals surface area contributed by atoms with E-state index in [1.165, 1.54) is 51.4 Å². The van der Waals surface area contributed by atoms with Crippen molar-refractivity contribution in [1.29, 1.82) is 0 Å². The second-order valence-electron chi connectivity index (χ2n) is 12.8.